The predicted octanol–water partition coefficient (Wildman–Crippen LogP) is 3.67. The Morgan fingerprint density at radius 1 is 0.947 bits per heavy atom. The molecule has 0 aromatic rings. The van der Waals surface area contributed by atoms with Gasteiger partial charge in [-0.25, -0.2) is 0 Å². The van der Waals surface area contributed by atoms with Crippen LogP contribution < -0.4 is 5.32 Å². The van der Waals surface area contributed by atoms with E-state index in [0.29, 0.717) is 10.8 Å². The third kappa shape index (κ3) is 4.19. The first-order chi connectivity index (χ1) is 8.59. The molecule has 112 valence electrons. The first-order valence-corrected chi connectivity index (χ1v) is 8.08. The van der Waals surface area contributed by atoms with Crippen molar-refractivity contribution in [2.75, 3.05) is 19.6 Å². The van der Waals surface area contributed by atoms with Gasteiger partial charge < -0.3 is 5.32 Å². The fourth-order valence-corrected chi connectivity index (χ4v) is 4.71. The highest BCUT2D eigenvalue weighted by Gasteiger charge is 2.41. The van der Waals surface area contributed by atoms with Crippen LogP contribution in [0.2, 0.25) is 0 Å². The molecule has 2 rings (SSSR count). The van der Waals surface area contributed by atoms with Crippen molar-refractivity contribution >= 4 is 0 Å². The number of hydrogen-bond acceptors (Lipinski definition) is 2. The second kappa shape index (κ2) is 5.04. The summed E-state index contributed by atoms with van der Waals surface area (Å²) in [4.78, 5) is 2.78. The second-order valence-corrected chi connectivity index (χ2v) is 9.20. The van der Waals surface area contributed by atoms with Gasteiger partial charge >= 0.3 is 0 Å². The van der Waals surface area contributed by atoms with Gasteiger partial charge in [-0.05, 0) is 63.5 Å². The monoisotopic (exact) mass is 266 g/mol. The van der Waals surface area contributed by atoms with E-state index < -0.39 is 0 Å². The first kappa shape index (κ1) is 15.3. The summed E-state index contributed by atoms with van der Waals surface area (Å²) in [5.74, 6) is 0. The lowest BCUT2D eigenvalue weighted by Crippen LogP contribution is -2.52. The molecule has 1 saturated heterocycles. The molecule has 0 amide bonds. The van der Waals surface area contributed by atoms with E-state index in [1.165, 1.54) is 45.3 Å². The van der Waals surface area contributed by atoms with E-state index in [0.717, 1.165) is 6.04 Å². The van der Waals surface area contributed by atoms with Crippen molar-refractivity contribution in [1.29, 1.82) is 0 Å². The largest absolute Gasteiger partial charge is 0.310 e. The van der Waals surface area contributed by atoms with Crippen LogP contribution >= 0.6 is 0 Å². The van der Waals surface area contributed by atoms with Crippen LogP contribution in [0.4, 0.5) is 0 Å². The standard InChI is InChI=1S/C17H34N2/c1-15(2)10-14(11-16(3,4)12-15)19-9-7-8-18-17(5,6)13-19/h14,18H,7-13H2,1-6H3. The maximum Gasteiger partial charge on any atom is 0.0252 e. The van der Waals surface area contributed by atoms with E-state index in [1.54, 1.807) is 0 Å². The van der Waals surface area contributed by atoms with Crippen molar-refractivity contribution < 1.29 is 0 Å². The highest BCUT2D eigenvalue weighted by molar-refractivity contribution is 4.96. The summed E-state index contributed by atoms with van der Waals surface area (Å²) < 4.78 is 0. The molecule has 1 aliphatic carbocycles. The fourth-order valence-electron chi connectivity index (χ4n) is 4.71. The molecule has 19 heavy (non-hydrogen) atoms. The molecular formula is C17H34N2. The minimum atomic E-state index is 0.266. The lowest BCUT2D eigenvalue weighted by Gasteiger charge is -2.49. The Hall–Kier alpha value is -0.0800. The average Bonchev–Trinajstić information content (AvgIpc) is 2.34. The Kier molecular flexibility index (Phi) is 4.06. The summed E-state index contributed by atoms with van der Waals surface area (Å²) in [6, 6.07) is 0.776. The van der Waals surface area contributed by atoms with E-state index in [-0.39, 0.29) is 5.54 Å². The lowest BCUT2D eigenvalue weighted by molar-refractivity contribution is 0.0191. The van der Waals surface area contributed by atoms with Gasteiger partial charge in [0, 0.05) is 18.1 Å². The van der Waals surface area contributed by atoms with Crippen molar-refractivity contribution in [3.05, 3.63) is 0 Å². The van der Waals surface area contributed by atoms with Crippen LogP contribution in [0.5, 0.6) is 0 Å². The van der Waals surface area contributed by atoms with Gasteiger partial charge in [-0.2, -0.15) is 0 Å². The maximum atomic E-state index is 3.69. The Morgan fingerprint density at radius 2 is 1.53 bits per heavy atom. The summed E-state index contributed by atoms with van der Waals surface area (Å²) in [7, 11) is 0. The number of hydrogen-bond donors (Lipinski definition) is 1. The van der Waals surface area contributed by atoms with Gasteiger partial charge in [-0.1, -0.05) is 27.7 Å². The van der Waals surface area contributed by atoms with Crippen LogP contribution in [0, 0.1) is 10.8 Å². The number of rotatable bonds is 1. The minimum Gasteiger partial charge on any atom is -0.310 e. The van der Waals surface area contributed by atoms with E-state index in [9.17, 15) is 0 Å². The molecule has 2 nitrogen and oxygen atoms in total. The Balaban J connectivity index is 2.11. The maximum absolute atomic E-state index is 3.69. The summed E-state index contributed by atoms with van der Waals surface area (Å²) in [6.45, 7) is 18.2. The first-order valence-electron chi connectivity index (χ1n) is 8.08. The van der Waals surface area contributed by atoms with Crippen molar-refractivity contribution in [2.45, 2.75) is 78.8 Å². The van der Waals surface area contributed by atoms with Gasteiger partial charge in [-0.3, -0.25) is 4.90 Å². The van der Waals surface area contributed by atoms with Crippen LogP contribution in [0.3, 0.4) is 0 Å². The zero-order chi connectivity index (χ0) is 14.3. The molecule has 1 N–H and O–H groups in total. The second-order valence-electron chi connectivity index (χ2n) is 9.20. The number of nitrogens with zero attached hydrogens (tertiary/aromatic N) is 1. The molecule has 0 spiro atoms. The van der Waals surface area contributed by atoms with Crippen LogP contribution in [-0.2, 0) is 0 Å². The van der Waals surface area contributed by atoms with Crippen LogP contribution in [0.1, 0.15) is 67.2 Å². The molecular weight excluding hydrogens is 232 g/mol. The molecule has 1 heterocycles. The third-order valence-electron chi connectivity index (χ3n) is 4.87. The van der Waals surface area contributed by atoms with E-state index in [4.69, 9.17) is 0 Å². The summed E-state index contributed by atoms with van der Waals surface area (Å²) in [5.41, 5.74) is 1.26. The summed E-state index contributed by atoms with van der Waals surface area (Å²) >= 11 is 0. The van der Waals surface area contributed by atoms with Gasteiger partial charge in [0.05, 0.1) is 0 Å². The van der Waals surface area contributed by atoms with Crippen molar-refractivity contribution in [2.24, 2.45) is 10.8 Å². The van der Waals surface area contributed by atoms with Crippen molar-refractivity contribution in [3.8, 4) is 0 Å². The molecule has 1 saturated carbocycles. The molecule has 0 aromatic carbocycles. The zero-order valence-electron chi connectivity index (χ0n) is 14.0. The lowest BCUT2D eigenvalue weighted by atomic mass is 9.63. The minimum absolute atomic E-state index is 0.266. The Bertz CT molecular complexity index is 301. The van der Waals surface area contributed by atoms with Gasteiger partial charge in [-0.15, -0.1) is 0 Å². The Labute approximate surface area is 120 Å². The molecule has 0 atom stereocenters. The molecule has 1 aliphatic heterocycles. The number of nitrogens with one attached hydrogen (secondary N) is 1. The van der Waals surface area contributed by atoms with Crippen molar-refractivity contribution in [3.63, 3.8) is 0 Å². The van der Waals surface area contributed by atoms with Crippen molar-refractivity contribution in [1.82, 2.24) is 10.2 Å². The van der Waals surface area contributed by atoms with Gasteiger partial charge in [0.25, 0.3) is 0 Å². The van der Waals surface area contributed by atoms with E-state index in [2.05, 4.69) is 51.8 Å². The summed E-state index contributed by atoms with van der Waals surface area (Å²) in [6.07, 6.45) is 5.39. The highest BCUT2D eigenvalue weighted by Crippen LogP contribution is 2.47. The Morgan fingerprint density at radius 3 is 2.11 bits per heavy atom. The van der Waals surface area contributed by atoms with Gasteiger partial charge in [0.15, 0.2) is 0 Å². The summed E-state index contributed by atoms with van der Waals surface area (Å²) in [5, 5.41) is 3.69. The van der Waals surface area contributed by atoms with Crippen LogP contribution in [-0.4, -0.2) is 36.1 Å². The predicted molar refractivity (Wildman–Crippen MR) is 83.5 cm³/mol. The van der Waals surface area contributed by atoms with Gasteiger partial charge in [0.1, 0.15) is 0 Å². The molecule has 0 radical (unpaired) electrons. The fraction of sp³-hybridized carbons (Fsp3) is 1.00. The molecule has 2 fully saturated rings. The van der Waals surface area contributed by atoms with E-state index >= 15 is 0 Å². The topological polar surface area (TPSA) is 15.3 Å². The molecule has 0 bridgehead atoms. The van der Waals surface area contributed by atoms with E-state index in [1.807, 2.05) is 0 Å². The molecule has 2 heteroatoms. The smallest absolute Gasteiger partial charge is 0.0252 e. The molecule has 0 unspecified atom stereocenters. The van der Waals surface area contributed by atoms with Crippen LogP contribution in [0.25, 0.3) is 0 Å². The third-order valence-corrected chi connectivity index (χ3v) is 4.87. The highest BCUT2D eigenvalue weighted by atomic mass is 15.2. The SMILES string of the molecule is CC1(C)CC(N2CCCNC(C)(C)C2)CC(C)(C)C1. The quantitative estimate of drug-likeness (QED) is 0.779. The molecule has 2 aliphatic rings. The zero-order valence-corrected chi connectivity index (χ0v) is 14.0. The average molecular weight is 266 g/mol. The molecule has 0 aromatic heterocycles. The normalized spacial score (nSPS) is 31.9. The van der Waals surface area contributed by atoms with Gasteiger partial charge in [0.2, 0.25) is 0 Å². The van der Waals surface area contributed by atoms with Crippen LogP contribution in [0.15, 0.2) is 0 Å².